The molecule has 5 heteroatoms. The lowest BCUT2D eigenvalue weighted by atomic mass is 10.1. The molecular formula is C14H20N2O2S. The quantitative estimate of drug-likeness (QED) is 0.809. The number of nitrogens with zero attached hydrogens (tertiary/aromatic N) is 1. The molecule has 1 aliphatic heterocycles. The van der Waals surface area contributed by atoms with Gasteiger partial charge in [0.1, 0.15) is 5.75 Å². The Morgan fingerprint density at radius 2 is 2.47 bits per heavy atom. The van der Waals surface area contributed by atoms with Gasteiger partial charge in [-0.1, -0.05) is 6.92 Å². The van der Waals surface area contributed by atoms with E-state index in [2.05, 4.69) is 17.2 Å². The van der Waals surface area contributed by atoms with E-state index in [1.54, 1.807) is 18.5 Å². The first kappa shape index (κ1) is 14.3. The Bertz CT molecular complexity index is 420. The second-order valence-electron chi connectivity index (χ2n) is 4.61. The van der Waals surface area contributed by atoms with Crippen LogP contribution >= 0.6 is 11.8 Å². The maximum atomic E-state index is 12.2. The lowest BCUT2D eigenvalue weighted by Gasteiger charge is -2.22. The number of ketones is 1. The summed E-state index contributed by atoms with van der Waals surface area (Å²) in [5, 5.41) is 3.38. The van der Waals surface area contributed by atoms with E-state index in [1.165, 1.54) is 0 Å². The van der Waals surface area contributed by atoms with E-state index in [0.29, 0.717) is 24.3 Å². The van der Waals surface area contributed by atoms with E-state index in [0.717, 1.165) is 24.5 Å². The molecule has 1 fully saturated rings. The Kier molecular flexibility index (Phi) is 5.66. The summed E-state index contributed by atoms with van der Waals surface area (Å²) < 4.78 is 5.50. The minimum Gasteiger partial charge on any atom is -0.492 e. The summed E-state index contributed by atoms with van der Waals surface area (Å²) in [6.45, 7) is 3.69. The fourth-order valence-electron chi connectivity index (χ4n) is 1.96. The molecule has 1 unspecified atom stereocenters. The van der Waals surface area contributed by atoms with Crippen molar-refractivity contribution < 1.29 is 9.53 Å². The highest BCUT2D eigenvalue weighted by Gasteiger charge is 2.18. The second-order valence-corrected chi connectivity index (χ2v) is 5.76. The van der Waals surface area contributed by atoms with Crippen molar-refractivity contribution in [2.75, 3.05) is 24.7 Å². The van der Waals surface area contributed by atoms with Gasteiger partial charge in [-0.25, -0.2) is 0 Å². The van der Waals surface area contributed by atoms with Crippen molar-refractivity contribution in [2.45, 2.75) is 25.8 Å². The van der Waals surface area contributed by atoms with Gasteiger partial charge in [-0.2, -0.15) is 11.8 Å². The molecule has 104 valence electrons. The lowest BCUT2D eigenvalue weighted by Crippen LogP contribution is -2.38. The Morgan fingerprint density at radius 1 is 1.58 bits per heavy atom. The third-order valence-corrected chi connectivity index (χ3v) is 4.07. The zero-order valence-electron chi connectivity index (χ0n) is 11.2. The number of thioether (sulfide) groups is 1. The molecule has 1 aromatic rings. The van der Waals surface area contributed by atoms with Crippen LogP contribution in [-0.2, 0) is 0 Å². The zero-order chi connectivity index (χ0) is 13.5. The number of carbonyl (C=O) groups is 1. The lowest BCUT2D eigenvalue weighted by molar-refractivity contribution is 0.0971. The molecule has 1 N–H and O–H groups in total. The molecule has 0 aliphatic carbocycles. The smallest absolute Gasteiger partial charge is 0.166 e. The number of Topliss-reactive ketones (excluding diaryl/α,β-unsaturated/α-hetero) is 1. The van der Waals surface area contributed by atoms with E-state index >= 15 is 0 Å². The number of pyridine rings is 1. The number of nitrogens with one attached hydrogen (secondary N) is 1. The summed E-state index contributed by atoms with van der Waals surface area (Å²) in [6, 6.07) is 2.08. The van der Waals surface area contributed by atoms with Crippen LogP contribution in [0.2, 0.25) is 0 Å². The largest absolute Gasteiger partial charge is 0.492 e. The van der Waals surface area contributed by atoms with Crippen molar-refractivity contribution in [1.29, 1.82) is 0 Å². The van der Waals surface area contributed by atoms with Gasteiger partial charge in [-0.05, 0) is 12.5 Å². The number of aromatic nitrogens is 1. The van der Waals surface area contributed by atoms with Gasteiger partial charge in [0.25, 0.3) is 0 Å². The molecule has 1 saturated heterocycles. The Labute approximate surface area is 118 Å². The van der Waals surface area contributed by atoms with Gasteiger partial charge in [0.05, 0.1) is 12.8 Å². The predicted molar refractivity (Wildman–Crippen MR) is 78.1 cm³/mol. The molecule has 1 aliphatic rings. The maximum absolute atomic E-state index is 12.2. The van der Waals surface area contributed by atoms with Crippen molar-refractivity contribution in [1.82, 2.24) is 10.3 Å². The van der Waals surface area contributed by atoms with E-state index in [1.807, 2.05) is 11.8 Å². The Hall–Kier alpha value is -1.07. The van der Waals surface area contributed by atoms with Crippen LogP contribution in [-0.4, -0.2) is 41.5 Å². The first-order valence-corrected chi connectivity index (χ1v) is 7.87. The maximum Gasteiger partial charge on any atom is 0.166 e. The molecule has 0 aromatic carbocycles. The van der Waals surface area contributed by atoms with Gasteiger partial charge in [0, 0.05) is 42.3 Å². The van der Waals surface area contributed by atoms with Crippen LogP contribution in [0.15, 0.2) is 18.5 Å². The fourth-order valence-corrected chi connectivity index (χ4v) is 2.91. The topological polar surface area (TPSA) is 51.2 Å². The zero-order valence-corrected chi connectivity index (χ0v) is 12.0. The first-order valence-electron chi connectivity index (χ1n) is 6.71. The average molecular weight is 280 g/mol. The molecule has 2 heterocycles. The normalized spacial score (nSPS) is 19.1. The third-order valence-electron chi connectivity index (χ3n) is 2.94. The monoisotopic (exact) mass is 280 g/mol. The first-order chi connectivity index (χ1) is 9.29. The average Bonchev–Trinajstić information content (AvgIpc) is 2.46. The molecule has 0 bridgehead atoms. The van der Waals surface area contributed by atoms with Crippen LogP contribution in [0.3, 0.4) is 0 Å². The number of ether oxygens (including phenoxy) is 1. The van der Waals surface area contributed by atoms with Crippen molar-refractivity contribution >= 4 is 17.5 Å². The van der Waals surface area contributed by atoms with Crippen molar-refractivity contribution in [2.24, 2.45) is 0 Å². The molecular weight excluding hydrogens is 260 g/mol. The number of rotatable bonds is 6. The number of hydrogen-bond donors (Lipinski definition) is 1. The highest BCUT2D eigenvalue weighted by Crippen LogP contribution is 2.16. The Morgan fingerprint density at radius 3 is 3.21 bits per heavy atom. The highest BCUT2D eigenvalue weighted by atomic mass is 32.2. The van der Waals surface area contributed by atoms with Gasteiger partial charge in [-0.3, -0.25) is 9.78 Å². The molecule has 19 heavy (non-hydrogen) atoms. The minimum absolute atomic E-state index is 0.134. The van der Waals surface area contributed by atoms with Crippen LogP contribution in [0.5, 0.6) is 5.75 Å². The van der Waals surface area contributed by atoms with E-state index in [-0.39, 0.29) is 11.8 Å². The van der Waals surface area contributed by atoms with Crippen molar-refractivity contribution in [3.63, 3.8) is 0 Å². The van der Waals surface area contributed by atoms with Crippen LogP contribution in [0.25, 0.3) is 0 Å². The van der Waals surface area contributed by atoms with Gasteiger partial charge in [0.2, 0.25) is 0 Å². The molecule has 2 rings (SSSR count). The SMILES string of the molecule is CCCOc1cncc(C(=O)CC2CSCCN2)c1. The van der Waals surface area contributed by atoms with Gasteiger partial charge >= 0.3 is 0 Å². The summed E-state index contributed by atoms with van der Waals surface area (Å²) in [5.74, 6) is 2.95. The van der Waals surface area contributed by atoms with Crippen molar-refractivity contribution in [3.8, 4) is 5.75 Å². The summed E-state index contributed by atoms with van der Waals surface area (Å²) in [6.07, 6.45) is 4.76. The summed E-state index contributed by atoms with van der Waals surface area (Å²) in [4.78, 5) is 16.3. The molecule has 0 amide bonds. The third kappa shape index (κ3) is 4.51. The molecule has 4 nitrogen and oxygen atoms in total. The molecule has 1 aromatic heterocycles. The molecule has 0 spiro atoms. The summed E-state index contributed by atoms with van der Waals surface area (Å²) >= 11 is 1.90. The summed E-state index contributed by atoms with van der Waals surface area (Å²) in [5.41, 5.74) is 0.644. The molecule has 1 atom stereocenters. The van der Waals surface area contributed by atoms with E-state index < -0.39 is 0 Å². The molecule has 0 radical (unpaired) electrons. The summed E-state index contributed by atoms with van der Waals surface area (Å²) in [7, 11) is 0. The van der Waals surface area contributed by atoms with Gasteiger partial charge < -0.3 is 10.1 Å². The fraction of sp³-hybridized carbons (Fsp3) is 0.571. The van der Waals surface area contributed by atoms with Crippen LogP contribution in [0.4, 0.5) is 0 Å². The second kappa shape index (κ2) is 7.50. The number of hydrogen-bond acceptors (Lipinski definition) is 5. The highest BCUT2D eigenvalue weighted by molar-refractivity contribution is 7.99. The minimum atomic E-state index is 0.134. The Balaban J connectivity index is 1.93. The predicted octanol–water partition coefficient (Wildman–Crippen LogP) is 2.15. The van der Waals surface area contributed by atoms with Gasteiger partial charge in [-0.15, -0.1) is 0 Å². The van der Waals surface area contributed by atoms with Crippen LogP contribution in [0, 0.1) is 0 Å². The van der Waals surface area contributed by atoms with E-state index in [9.17, 15) is 4.79 Å². The van der Waals surface area contributed by atoms with Crippen molar-refractivity contribution in [3.05, 3.63) is 24.0 Å². The standard InChI is InChI=1S/C14H20N2O2S/c1-2-4-18-13-6-11(8-15-9-13)14(17)7-12-10-19-5-3-16-12/h6,8-9,12,16H,2-5,7,10H2,1H3. The number of carbonyl (C=O) groups excluding carboxylic acids is 1. The van der Waals surface area contributed by atoms with Crippen LogP contribution < -0.4 is 10.1 Å². The van der Waals surface area contributed by atoms with Gasteiger partial charge in [0.15, 0.2) is 5.78 Å². The van der Waals surface area contributed by atoms with E-state index in [4.69, 9.17) is 4.74 Å². The molecule has 0 saturated carbocycles. The van der Waals surface area contributed by atoms with Crippen LogP contribution in [0.1, 0.15) is 30.1 Å².